The van der Waals surface area contributed by atoms with Gasteiger partial charge in [0.2, 0.25) is 5.91 Å². The number of rotatable bonds is 4. The van der Waals surface area contributed by atoms with Crippen LogP contribution >= 0.6 is 22.6 Å². The van der Waals surface area contributed by atoms with Crippen molar-refractivity contribution in [3.8, 4) is 0 Å². The summed E-state index contributed by atoms with van der Waals surface area (Å²) >= 11 is 2.19. The molecule has 1 N–H and O–H groups in total. The van der Waals surface area contributed by atoms with Gasteiger partial charge in [-0.2, -0.15) is 0 Å². The predicted octanol–water partition coefficient (Wildman–Crippen LogP) is 3.85. The third-order valence-electron chi connectivity index (χ3n) is 2.64. The van der Waals surface area contributed by atoms with Gasteiger partial charge in [0, 0.05) is 27.5 Å². The highest BCUT2D eigenvalue weighted by Gasteiger charge is 2.03. The van der Waals surface area contributed by atoms with Crippen molar-refractivity contribution in [3.05, 3.63) is 73.9 Å². The largest absolute Gasteiger partial charge is 0.323 e. The minimum atomic E-state index is -0.461. The first-order valence-electron chi connectivity index (χ1n) is 6.04. The molecular weight excluding hydrogens is 383 g/mol. The highest BCUT2D eigenvalue weighted by Crippen LogP contribution is 2.13. The number of non-ortho nitro benzene ring substituents is 1. The summed E-state index contributed by atoms with van der Waals surface area (Å²) in [6.07, 6.45) is 2.99. The first-order valence-corrected chi connectivity index (χ1v) is 7.11. The molecular formula is C15H11IN2O3. The molecule has 106 valence electrons. The van der Waals surface area contributed by atoms with E-state index in [-0.39, 0.29) is 11.6 Å². The summed E-state index contributed by atoms with van der Waals surface area (Å²) in [5, 5.41) is 13.3. The van der Waals surface area contributed by atoms with Crippen molar-refractivity contribution in [1.82, 2.24) is 0 Å². The fourth-order valence-corrected chi connectivity index (χ4v) is 1.96. The second kappa shape index (κ2) is 6.98. The highest BCUT2D eigenvalue weighted by molar-refractivity contribution is 14.1. The van der Waals surface area contributed by atoms with Gasteiger partial charge in [-0.25, -0.2) is 0 Å². The summed E-state index contributed by atoms with van der Waals surface area (Å²) in [6, 6.07) is 13.4. The number of benzene rings is 2. The van der Waals surface area contributed by atoms with E-state index in [1.54, 1.807) is 18.2 Å². The van der Waals surface area contributed by atoms with Crippen LogP contribution in [0, 0.1) is 13.7 Å². The molecule has 0 heterocycles. The van der Waals surface area contributed by atoms with Crippen molar-refractivity contribution >= 4 is 45.9 Å². The zero-order valence-electron chi connectivity index (χ0n) is 10.8. The number of nitrogens with one attached hydrogen (secondary N) is 1. The van der Waals surface area contributed by atoms with E-state index < -0.39 is 4.92 Å². The van der Waals surface area contributed by atoms with Crippen molar-refractivity contribution in [2.24, 2.45) is 0 Å². The summed E-state index contributed by atoms with van der Waals surface area (Å²) < 4.78 is 1.09. The molecule has 0 unspecified atom stereocenters. The van der Waals surface area contributed by atoms with Crippen LogP contribution in [0.1, 0.15) is 5.56 Å². The highest BCUT2D eigenvalue weighted by atomic mass is 127. The van der Waals surface area contributed by atoms with Gasteiger partial charge < -0.3 is 5.32 Å². The summed E-state index contributed by atoms with van der Waals surface area (Å²) in [4.78, 5) is 21.8. The number of halogens is 1. The summed E-state index contributed by atoms with van der Waals surface area (Å²) in [5.74, 6) is -0.255. The Kier molecular flexibility index (Phi) is 5.04. The van der Waals surface area contributed by atoms with Gasteiger partial charge in [0.1, 0.15) is 0 Å². The molecule has 5 nitrogen and oxygen atoms in total. The van der Waals surface area contributed by atoms with Crippen molar-refractivity contribution in [2.75, 3.05) is 5.32 Å². The second-order valence-electron chi connectivity index (χ2n) is 4.18. The van der Waals surface area contributed by atoms with Crippen molar-refractivity contribution in [3.63, 3.8) is 0 Å². The average molecular weight is 394 g/mol. The molecule has 0 aromatic heterocycles. The van der Waals surface area contributed by atoms with Gasteiger partial charge in [-0.1, -0.05) is 0 Å². The fourth-order valence-electron chi connectivity index (χ4n) is 1.60. The van der Waals surface area contributed by atoms with Gasteiger partial charge in [0.05, 0.1) is 4.92 Å². The third kappa shape index (κ3) is 4.67. The molecule has 2 rings (SSSR count). The summed E-state index contributed by atoms with van der Waals surface area (Å²) in [6.45, 7) is 0. The zero-order chi connectivity index (χ0) is 15.2. The van der Waals surface area contributed by atoms with Crippen LogP contribution < -0.4 is 5.32 Å². The smallest absolute Gasteiger partial charge is 0.269 e. The Hall–Kier alpha value is -2.22. The quantitative estimate of drug-likeness (QED) is 0.371. The van der Waals surface area contributed by atoms with Crippen molar-refractivity contribution in [2.45, 2.75) is 0 Å². The first-order chi connectivity index (χ1) is 10.0. The Morgan fingerprint density at radius 2 is 1.71 bits per heavy atom. The molecule has 21 heavy (non-hydrogen) atoms. The zero-order valence-corrected chi connectivity index (χ0v) is 13.0. The van der Waals surface area contributed by atoms with Crippen LogP contribution in [0.15, 0.2) is 54.6 Å². The number of hydrogen-bond acceptors (Lipinski definition) is 3. The Bertz CT molecular complexity index is 679. The molecule has 0 aliphatic rings. The van der Waals surface area contributed by atoms with Crippen LogP contribution in [-0.4, -0.2) is 10.8 Å². The molecule has 0 spiro atoms. The topological polar surface area (TPSA) is 72.2 Å². The Balaban J connectivity index is 1.98. The van der Waals surface area contributed by atoms with Crippen LogP contribution in [0.25, 0.3) is 6.08 Å². The maximum atomic E-state index is 11.7. The van der Waals surface area contributed by atoms with E-state index in [9.17, 15) is 14.9 Å². The van der Waals surface area contributed by atoms with E-state index >= 15 is 0 Å². The van der Waals surface area contributed by atoms with Crippen LogP contribution in [-0.2, 0) is 4.79 Å². The van der Waals surface area contributed by atoms with Crippen LogP contribution in [0.4, 0.5) is 11.4 Å². The normalized spacial score (nSPS) is 10.5. The van der Waals surface area contributed by atoms with Crippen molar-refractivity contribution < 1.29 is 9.72 Å². The molecule has 0 atom stereocenters. The maximum Gasteiger partial charge on any atom is 0.269 e. The van der Waals surface area contributed by atoms with E-state index in [2.05, 4.69) is 27.9 Å². The summed E-state index contributed by atoms with van der Waals surface area (Å²) in [7, 11) is 0. The SMILES string of the molecule is O=C(/C=C/c1ccc([N+](=O)[O-])cc1)Nc1ccc(I)cc1. The number of nitrogens with zero attached hydrogens (tertiary/aromatic N) is 1. The number of anilines is 1. The number of nitro groups is 1. The number of hydrogen-bond donors (Lipinski definition) is 1. The first kappa shape index (κ1) is 15.2. The van der Waals surface area contributed by atoms with E-state index in [0.717, 1.165) is 9.13 Å². The van der Waals surface area contributed by atoms with Crippen LogP contribution in [0.2, 0.25) is 0 Å². The van der Waals surface area contributed by atoms with Gasteiger partial charge in [0.15, 0.2) is 0 Å². The molecule has 0 saturated heterocycles. The lowest BCUT2D eigenvalue weighted by atomic mass is 10.2. The molecule has 6 heteroatoms. The lowest BCUT2D eigenvalue weighted by molar-refractivity contribution is -0.384. The molecule has 1 amide bonds. The van der Waals surface area contributed by atoms with E-state index in [1.807, 2.05) is 24.3 Å². The number of nitro benzene ring substituents is 1. The molecule has 0 fully saturated rings. The van der Waals surface area contributed by atoms with Gasteiger partial charge in [-0.05, 0) is 70.6 Å². The predicted molar refractivity (Wildman–Crippen MR) is 89.9 cm³/mol. The molecule has 0 aliphatic carbocycles. The number of carbonyl (C=O) groups is 1. The molecule has 0 bridgehead atoms. The van der Waals surface area contributed by atoms with Crippen LogP contribution in [0.3, 0.4) is 0 Å². The number of carbonyl (C=O) groups excluding carboxylic acids is 1. The lowest BCUT2D eigenvalue weighted by Crippen LogP contribution is -2.07. The Labute approximate surface area is 135 Å². The van der Waals surface area contributed by atoms with Crippen molar-refractivity contribution in [1.29, 1.82) is 0 Å². The molecule has 0 aliphatic heterocycles. The fraction of sp³-hybridized carbons (Fsp3) is 0. The molecule has 0 saturated carbocycles. The molecule has 2 aromatic carbocycles. The maximum absolute atomic E-state index is 11.7. The Morgan fingerprint density at radius 1 is 1.10 bits per heavy atom. The minimum Gasteiger partial charge on any atom is -0.323 e. The third-order valence-corrected chi connectivity index (χ3v) is 3.36. The molecule has 0 radical (unpaired) electrons. The van der Waals surface area contributed by atoms with Crippen LogP contribution in [0.5, 0.6) is 0 Å². The Morgan fingerprint density at radius 3 is 2.29 bits per heavy atom. The van der Waals surface area contributed by atoms with Gasteiger partial charge in [-0.15, -0.1) is 0 Å². The number of amides is 1. The summed E-state index contributed by atoms with van der Waals surface area (Å²) in [5.41, 5.74) is 1.46. The van der Waals surface area contributed by atoms with Gasteiger partial charge >= 0.3 is 0 Å². The van der Waals surface area contributed by atoms with E-state index in [1.165, 1.54) is 18.2 Å². The average Bonchev–Trinajstić information content (AvgIpc) is 2.48. The minimum absolute atomic E-state index is 0.0236. The van der Waals surface area contributed by atoms with E-state index in [4.69, 9.17) is 0 Å². The molecule has 2 aromatic rings. The standard InChI is InChI=1S/C15H11IN2O3/c16-12-4-6-13(7-5-12)17-15(19)10-3-11-1-8-14(9-2-11)18(20)21/h1-10H,(H,17,19)/b10-3+. The second-order valence-corrected chi connectivity index (χ2v) is 5.42. The van der Waals surface area contributed by atoms with Gasteiger partial charge in [0.25, 0.3) is 5.69 Å². The monoisotopic (exact) mass is 394 g/mol. The van der Waals surface area contributed by atoms with E-state index in [0.29, 0.717) is 5.69 Å². The lowest BCUT2D eigenvalue weighted by Gasteiger charge is -2.01. The van der Waals surface area contributed by atoms with Gasteiger partial charge in [-0.3, -0.25) is 14.9 Å².